The molecule has 4 aliphatic rings. The van der Waals surface area contributed by atoms with Crippen molar-refractivity contribution in [1.82, 2.24) is 16.0 Å². The van der Waals surface area contributed by atoms with E-state index in [9.17, 15) is 19.5 Å². The van der Waals surface area contributed by atoms with Gasteiger partial charge in [-0.15, -0.1) is 0 Å². The van der Waals surface area contributed by atoms with Gasteiger partial charge in [-0.25, -0.2) is 15.0 Å². The molecule has 13 nitrogen and oxygen atoms in total. The average Bonchev–Trinajstić information content (AvgIpc) is 3.71. The summed E-state index contributed by atoms with van der Waals surface area (Å²) in [4.78, 5) is 55.1. The van der Waals surface area contributed by atoms with E-state index in [1.54, 1.807) is 20.8 Å². The van der Waals surface area contributed by atoms with Gasteiger partial charge >= 0.3 is 0 Å². The van der Waals surface area contributed by atoms with Gasteiger partial charge in [-0.3, -0.25) is 14.4 Å². The van der Waals surface area contributed by atoms with Crippen molar-refractivity contribution in [1.29, 1.82) is 0 Å². The number of aliphatic hydroxyl groups excluding tert-OH is 1. The molecule has 1 aromatic carbocycles. The van der Waals surface area contributed by atoms with Crippen LogP contribution in [0.1, 0.15) is 54.0 Å². The van der Waals surface area contributed by atoms with E-state index in [2.05, 4.69) is 30.9 Å². The zero-order valence-corrected chi connectivity index (χ0v) is 27.5. The Labute approximate surface area is 269 Å². The lowest BCUT2D eigenvalue weighted by atomic mass is 9.92. The number of aliphatic hydroxyl groups is 1. The standard InChI is InChI=1S/C33H46N6O7/c1-15(2)22-31-37-24(17(5)44-31)28(41)34-23(16(3)4)32-38-26(18(6)45-32)30(43)36-27(21(14-40)13-20-11-9-8-10-12-20)33-39-25(19(7)46-33)29(42)35-22/h8-12,15-19,21-27,40H,13-14H2,1-7H3,(H,34,41)(H,35,42)(H,36,43)/t17-,18-,19-,21+,22+,23+,24+,25+,26+,27+/m1/s1. The second-order valence-corrected chi connectivity index (χ2v) is 13.3. The first-order chi connectivity index (χ1) is 21.9. The van der Waals surface area contributed by atoms with Crippen LogP contribution in [-0.4, -0.2) is 102 Å². The van der Waals surface area contributed by atoms with Gasteiger partial charge in [0.05, 0.1) is 0 Å². The number of benzene rings is 1. The Morgan fingerprint density at radius 2 is 1.02 bits per heavy atom. The van der Waals surface area contributed by atoms with Gasteiger partial charge < -0.3 is 35.3 Å². The largest absolute Gasteiger partial charge is 0.474 e. The third-order valence-electron chi connectivity index (χ3n) is 8.93. The summed E-state index contributed by atoms with van der Waals surface area (Å²) in [6, 6.07) is 4.76. The Morgan fingerprint density at radius 1 is 0.652 bits per heavy atom. The summed E-state index contributed by atoms with van der Waals surface area (Å²) in [5, 5.41) is 19.6. The topological polar surface area (TPSA) is 172 Å². The SMILES string of the molecule is CC(C)[C@@H]1NC(=O)[C@H]2N=C(O[C@@H]2C)[C@H](C(C)C)NC(=O)[C@H]2N=C(O[C@@H]2C)[C@H]([C@H](CO)Cc2ccccc2)NC(=O)[C@H]2N=C1O[C@@H]2C. The molecule has 0 fully saturated rings. The molecule has 0 aliphatic carbocycles. The van der Waals surface area contributed by atoms with Crippen LogP contribution in [-0.2, 0) is 35.0 Å². The van der Waals surface area contributed by atoms with Gasteiger partial charge in [-0.2, -0.15) is 0 Å². The van der Waals surface area contributed by atoms with Crippen LogP contribution >= 0.6 is 0 Å². The van der Waals surface area contributed by atoms with Gasteiger partial charge in [0.25, 0.3) is 0 Å². The van der Waals surface area contributed by atoms with E-state index in [4.69, 9.17) is 14.2 Å². The number of amides is 3. The average molecular weight is 639 g/mol. The van der Waals surface area contributed by atoms with Crippen LogP contribution in [0.4, 0.5) is 0 Å². The van der Waals surface area contributed by atoms with Gasteiger partial charge in [-0.05, 0) is 44.6 Å². The van der Waals surface area contributed by atoms with E-state index in [0.29, 0.717) is 6.42 Å². The summed E-state index contributed by atoms with van der Waals surface area (Å²) in [7, 11) is 0. The van der Waals surface area contributed by atoms with E-state index >= 15 is 0 Å². The zero-order valence-electron chi connectivity index (χ0n) is 27.5. The number of hydrogen-bond donors (Lipinski definition) is 4. The molecule has 0 spiro atoms. The van der Waals surface area contributed by atoms with Gasteiger partial charge in [0, 0.05) is 12.5 Å². The highest BCUT2D eigenvalue weighted by molar-refractivity contribution is 6.00. The number of hydrogen-bond acceptors (Lipinski definition) is 10. The second kappa shape index (κ2) is 13.8. The van der Waals surface area contributed by atoms with Crippen molar-refractivity contribution in [3.05, 3.63) is 35.9 Å². The summed E-state index contributed by atoms with van der Waals surface area (Å²) < 4.78 is 18.3. The van der Waals surface area contributed by atoms with Crippen LogP contribution in [0.15, 0.2) is 45.3 Å². The number of nitrogens with one attached hydrogen (secondary N) is 3. The number of carbonyl (C=O) groups excluding carboxylic acids is 3. The molecule has 13 heteroatoms. The predicted molar refractivity (Wildman–Crippen MR) is 171 cm³/mol. The maximum Gasteiger partial charge on any atom is 0.249 e. The molecule has 6 bridgehead atoms. The molecule has 4 aliphatic heterocycles. The van der Waals surface area contributed by atoms with Crippen LogP contribution in [0.25, 0.3) is 0 Å². The van der Waals surface area contributed by atoms with E-state index in [1.807, 2.05) is 58.0 Å². The molecule has 46 heavy (non-hydrogen) atoms. The molecule has 0 saturated heterocycles. The quantitative estimate of drug-likeness (QED) is 0.362. The molecule has 0 aromatic heterocycles. The van der Waals surface area contributed by atoms with Crippen molar-refractivity contribution in [3.8, 4) is 0 Å². The van der Waals surface area contributed by atoms with E-state index < -0.39 is 72.3 Å². The Hall–Kier alpha value is -4.00. The Balaban J connectivity index is 1.56. The van der Waals surface area contributed by atoms with Crippen LogP contribution in [0.5, 0.6) is 0 Å². The fourth-order valence-corrected chi connectivity index (χ4v) is 6.19. The number of carbonyl (C=O) groups is 3. The van der Waals surface area contributed by atoms with Crippen molar-refractivity contribution >= 4 is 35.4 Å². The van der Waals surface area contributed by atoms with Crippen LogP contribution in [0.3, 0.4) is 0 Å². The Kier molecular flexibility index (Phi) is 9.99. The van der Waals surface area contributed by atoms with Gasteiger partial charge in [-0.1, -0.05) is 58.0 Å². The third-order valence-corrected chi connectivity index (χ3v) is 8.93. The minimum Gasteiger partial charge on any atom is -0.474 e. The molecule has 3 amide bonds. The third kappa shape index (κ3) is 6.89. The molecule has 0 unspecified atom stereocenters. The fourth-order valence-electron chi connectivity index (χ4n) is 6.19. The van der Waals surface area contributed by atoms with Crippen LogP contribution in [0, 0.1) is 17.8 Å². The van der Waals surface area contributed by atoms with E-state index in [0.717, 1.165) is 5.56 Å². The minimum absolute atomic E-state index is 0.122. The first-order valence-corrected chi connectivity index (χ1v) is 16.2. The number of nitrogens with zero attached hydrogens (tertiary/aromatic N) is 3. The second-order valence-electron chi connectivity index (χ2n) is 13.3. The maximum absolute atomic E-state index is 13.9. The molecule has 10 atom stereocenters. The van der Waals surface area contributed by atoms with Crippen molar-refractivity contribution in [2.45, 2.75) is 109 Å². The first-order valence-electron chi connectivity index (χ1n) is 16.2. The minimum atomic E-state index is -0.936. The van der Waals surface area contributed by atoms with E-state index in [-0.39, 0.29) is 42.0 Å². The molecule has 0 radical (unpaired) electrons. The van der Waals surface area contributed by atoms with Crippen molar-refractivity contribution in [2.75, 3.05) is 6.61 Å². The highest BCUT2D eigenvalue weighted by atomic mass is 16.5. The van der Waals surface area contributed by atoms with E-state index in [1.165, 1.54) is 0 Å². The molecule has 5 rings (SSSR count). The maximum atomic E-state index is 13.9. The lowest BCUT2D eigenvalue weighted by Crippen LogP contribution is -2.52. The van der Waals surface area contributed by atoms with Crippen molar-refractivity contribution < 1.29 is 33.7 Å². The smallest absolute Gasteiger partial charge is 0.249 e. The van der Waals surface area contributed by atoms with Crippen LogP contribution < -0.4 is 16.0 Å². The summed E-state index contributed by atoms with van der Waals surface area (Å²) in [5.74, 6) is -1.33. The lowest BCUT2D eigenvalue weighted by Gasteiger charge is -2.28. The Bertz CT molecular complexity index is 1390. The summed E-state index contributed by atoms with van der Waals surface area (Å²) in [6.45, 7) is 12.6. The predicted octanol–water partition coefficient (Wildman–Crippen LogP) is 1.18. The molecule has 1 aromatic rings. The number of rotatable bonds is 6. The van der Waals surface area contributed by atoms with Gasteiger partial charge in [0.2, 0.25) is 35.4 Å². The number of aliphatic imine (C=N–C) groups is 3. The van der Waals surface area contributed by atoms with Crippen molar-refractivity contribution in [2.24, 2.45) is 32.7 Å². The molecular weight excluding hydrogens is 592 g/mol. The number of fused-ring (bicyclic) bond motifs is 3. The summed E-state index contributed by atoms with van der Waals surface area (Å²) in [5.41, 5.74) is 0.953. The highest BCUT2D eigenvalue weighted by Gasteiger charge is 2.45. The van der Waals surface area contributed by atoms with Gasteiger partial charge in [0.1, 0.15) is 36.4 Å². The molecule has 250 valence electrons. The Morgan fingerprint density at radius 3 is 1.39 bits per heavy atom. The lowest BCUT2D eigenvalue weighted by molar-refractivity contribution is -0.125. The van der Waals surface area contributed by atoms with Crippen LogP contribution in [0.2, 0.25) is 0 Å². The van der Waals surface area contributed by atoms with Gasteiger partial charge in [0.15, 0.2) is 18.1 Å². The van der Waals surface area contributed by atoms with Crippen molar-refractivity contribution in [3.63, 3.8) is 0 Å². The molecule has 4 heterocycles. The molecule has 0 saturated carbocycles. The normalized spacial score (nSPS) is 33.7. The first kappa shape index (κ1) is 33.4. The monoisotopic (exact) mass is 638 g/mol. The fraction of sp³-hybridized carbons (Fsp3) is 0.636. The number of ether oxygens (including phenoxy) is 3. The highest BCUT2D eigenvalue weighted by Crippen LogP contribution is 2.26. The summed E-state index contributed by atoms with van der Waals surface area (Å²) in [6.07, 6.45) is -1.46. The zero-order chi connectivity index (χ0) is 33.3. The molecule has 4 N–H and O–H groups in total. The summed E-state index contributed by atoms with van der Waals surface area (Å²) >= 11 is 0. The molecular formula is C33H46N6O7.